The van der Waals surface area contributed by atoms with E-state index in [1.54, 1.807) is 0 Å². The molecule has 0 fully saturated rings. The second-order valence-electron chi connectivity index (χ2n) is 16.5. The van der Waals surface area contributed by atoms with Crippen LogP contribution in [0, 0.1) is 13.8 Å². The second kappa shape index (κ2) is 10.4. The van der Waals surface area contributed by atoms with Gasteiger partial charge >= 0.3 is 0 Å². The SMILES string of the molecule is Cc1ccc2c(c1)B1c3cc4c(oc5ccccc54)c4c3N3c5c1c(cc1c5B(c5cc(C)ccc5S1)c1cc5c(oc6ccccc65)c(c13)N4c1ccccc1)S2. The van der Waals surface area contributed by atoms with Crippen LogP contribution in [0.15, 0.2) is 162 Å². The summed E-state index contributed by atoms with van der Waals surface area (Å²) in [5.74, 6) is 0. The van der Waals surface area contributed by atoms with E-state index >= 15 is 0 Å². The minimum Gasteiger partial charge on any atom is -0.454 e. The fraction of sp³-hybridized carbons (Fsp3) is 0.0400. The molecule has 7 heterocycles. The van der Waals surface area contributed by atoms with E-state index in [1.165, 1.54) is 80.5 Å². The lowest BCUT2D eigenvalue weighted by Crippen LogP contribution is -2.68. The van der Waals surface area contributed by atoms with Gasteiger partial charge < -0.3 is 18.6 Å². The molecule has 5 aliphatic heterocycles. The molecule has 8 aromatic carbocycles. The van der Waals surface area contributed by atoms with Crippen LogP contribution in [0.4, 0.5) is 34.1 Å². The van der Waals surface area contributed by atoms with Gasteiger partial charge in [-0.15, -0.1) is 0 Å². The van der Waals surface area contributed by atoms with Crippen LogP contribution in [-0.4, -0.2) is 13.4 Å². The van der Waals surface area contributed by atoms with Gasteiger partial charge in [-0.3, -0.25) is 0 Å². The van der Waals surface area contributed by atoms with Crippen LogP contribution in [0.25, 0.3) is 43.9 Å². The minimum absolute atomic E-state index is 0.0368. The van der Waals surface area contributed by atoms with Crippen LogP contribution in [-0.2, 0) is 0 Å². The summed E-state index contributed by atoms with van der Waals surface area (Å²) in [6, 6.07) is 49.6. The van der Waals surface area contributed by atoms with Crippen LogP contribution < -0.4 is 42.6 Å². The summed E-state index contributed by atoms with van der Waals surface area (Å²) in [6.07, 6.45) is 0. The standard InChI is InChI=1S/C50H28B2N2O2S2/c1-25-16-18-38-32(20-25)51-34-22-30-28-12-6-8-14-36(28)55-49(30)47-44(34)54-45-35(52-33-21-26(2)17-19-39(33)58-41-24-40(57-38)42(51)46(54)43(41)52)23-31-29-13-7-9-15-37(29)56-50(31)48(45)53(47)27-10-4-3-5-11-27/h3-24H,1-2H3. The first-order chi connectivity index (χ1) is 28.6. The van der Waals surface area contributed by atoms with Crippen molar-refractivity contribution in [3.63, 3.8) is 0 Å². The fourth-order valence-electron chi connectivity index (χ4n) is 11.1. The number of nitrogens with zero attached hydrogens (tertiary/aromatic N) is 2. The molecule has 0 amide bonds. The highest BCUT2D eigenvalue weighted by atomic mass is 32.2. The summed E-state index contributed by atoms with van der Waals surface area (Å²) in [7, 11) is 0. The molecule has 58 heavy (non-hydrogen) atoms. The first kappa shape index (κ1) is 30.9. The van der Waals surface area contributed by atoms with Crippen molar-refractivity contribution in [3.05, 3.63) is 145 Å². The molecule has 0 bridgehead atoms. The zero-order chi connectivity index (χ0) is 37.7. The number of furan rings is 2. The summed E-state index contributed by atoms with van der Waals surface area (Å²) in [5.41, 5.74) is 21.3. The molecule has 0 unspecified atom stereocenters. The van der Waals surface area contributed by atoms with Gasteiger partial charge in [-0.25, -0.2) is 0 Å². The van der Waals surface area contributed by atoms with Crippen molar-refractivity contribution in [1.29, 1.82) is 0 Å². The predicted molar refractivity (Wildman–Crippen MR) is 244 cm³/mol. The van der Waals surface area contributed by atoms with Crippen molar-refractivity contribution >= 4 is 148 Å². The Kier molecular flexibility index (Phi) is 5.56. The number of hydrogen-bond donors (Lipinski definition) is 0. The van der Waals surface area contributed by atoms with Gasteiger partial charge in [0.05, 0.1) is 11.4 Å². The summed E-state index contributed by atoms with van der Waals surface area (Å²) < 4.78 is 14.2. The highest BCUT2D eigenvalue weighted by Crippen LogP contribution is 2.61. The van der Waals surface area contributed by atoms with E-state index in [0.717, 1.165) is 60.9 Å². The Morgan fingerprint density at radius 2 is 0.914 bits per heavy atom. The molecule has 8 heteroatoms. The molecule has 0 radical (unpaired) electrons. The van der Waals surface area contributed by atoms with Crippen molar-refractivity contribution in [2.75, 3.05) is 9.80 Å². The van der Waals surface area contributed by atoms with Gasteiger partial charge in [0, 0.05) is 52.5 Å². The van der Waals surface area contributed by atoms with Crippen molar-refractivity contribution in [2.45, 2.75) is 33.4 Å². The van der Waals surface area contributed by atoms with Crippen molar-refractivity contribution in [2.24, 2.45) is 0 Å². The van der Waals surface area contributed by atoms with Gasteiger partial charge in [0.1, 0.15) is 22.5 Å². The molecule has 5 aliphatic rings. The first-order valence-corrected chi connectivity index (χ1v) is 21.6. The van der Waals surface area contributed by atoms with Crippen molar-refractivity contribution in [1.82, 2.24) is 0 Å². The van der Waals surface area contributed by atoms with E-state index in [-0.39, 0.29) is 13.4 Å². The van der Waals surface area contributed by atoms with Crippen LogP contribution >= 0.6 is 23.5 Å². The van der Waals surface area contributed by atoms with Crippen molar-refractivity contribution < 1.29 is 8.83 Å². The molecule has 0 N–H and O–H groups in total. The molecule has 0 saturated carbocycles. The van der Waals surface area contributed by atoms with Crippen LogP contribution in [0.1, 0.15) is 11.1 Å². The Bertz CT molecular complexity index is 3380. The number of para-hydroxylation sites is 3. The van der Waals surface area contributed by atoms with E-state index < -0.39 is 0 Å². The van der Waals surface area contributed by atoms with E-state index in [0.29, 0.717) is 0 Å². The summed E-state index contributed by atoms with van der Waals surface area (Å²) in [5, 5.41) is 4.53. The van der Waals surface area contributed by atoms with Gasteiger partial charge in [-0.05, 0) is 78.2 Å². The highest BCUT2D eigenvalue weighted by molar-refractivity contribution is 8.01. The molecule has 0 saturated heterocycles. The Hall–Kier alpha value is -6.21. The average Bonchev–Trinajstić information content (AvgIpc) is 3.82. The maximum atomic E-state index is 7.12. The van der Waals surface area contributed by atoms with E-state index in [9.17, 15) is 0 Å². The topological polar surface area (TPSA) is 32.8 Å². The molecule has 15 rings (SSSR count). The summed E-state index contributed by atoms with van der Waals surface area (Å²) in [4.78, 5) is 10.5. The van der Waals surface area contributed by atoms with Crippen LogP contribution in [0.2, 0.25) is 0 Å². The third kappa shape index (κ3) is 3.59. The van der Waals surface area contributed by atoms with Crippen LogP contribution in [0.3, 0.4) is 0 Å². The van der Waals surface area contributed by atoms with Gasteiger partial charge in [-0.1, -0.05) is 137 Å². The number of hydrogen-bond acceptors (Lipinski definition) is 6. The lowest BCUT2D eigenvalue weighted by molar-refractivity contribution is 0.666. The Balaban J connectivity index is 1.22. The van der Waals surface area contributed by atoms with Gasteiger partial charge in [0.2, 0.25) is 13.4 Å². The van der Waals surface area contributed by atoms with Gasteiger partial charge in [-0.2, -0.15) is 0 Å². The molecular formula is C50H28B2N2O2S2. The number of fused-ring (bicyclic) bond motifs is 14. The average molecular weight is 775 g/mol. The number of aryl methyl sites for hydroxylation is 2. The van der Waals surface area contributed by atoms with Gasteiger partial charge in [0.25, 0.3) is 0 Å². The Morgan fingerprint density at radius 1 is 0.414 bits per heavy atom. The zero-order valence-electron chi connectivity index (χ0n) is 31.4. The molecule has 268 valence electrons. The van der Waals surface area contributed by atoms with E-state index in [4.69, 9.17) is 8.83 Å². The molecular weight excluding hydrogens is 746 g/mol. The number of benzene rings is 8. The lowest BCUT2D eigenvalue weighted by atomic mass is 9.30. The number of rotatable bonds is 1. The van der Waals surface area contributed by atoms with E-state index in [2.05, 4.69) is 157 Å². The van der Waals surface area contributed by atoms with Crippen LogP contribution in [0.5, 0.6) is 0 Å². The second-order valence-corrected chi connectivity index (χ2v) is 18.7. The quantitative estimate of drug-likeness (QED) is 0.155. The molecule has 2 aromatic heterocycles. The number of anilines is 6. The fourth-order valence-corrected chi connectivity index (χ4v) is 13.5. The predicted octanol–water partition coefficient (Wildman–Crippen LogP) is 9.94. The summed E-state index contributed by atoms with van der Waals surface area (Å²) >= 11 is 3.88. The molecule has 0 aliphatic carbocycles. The third-order valence-electron chi connectivity index (χ3n) is 13.3. The summed E-state index contributed by atoms with van der Waals surface area (Å²) in [6.45, 7) is 4.54. The first-order valence-electron chi connectivity index (χ1n) is 20.0. The molecule has 10 aromatic rings. The third-order valence-corrected chi connectivity index (χ3v) is 15.6. The highest BCUT2D eigenvalue weighted by Gasteiger charge is 2.54. The van der Waals surface area contributed by atoms with Gasteiger partial charge in [0.15, 0.2) is 11.2 Å². The minimum atomic E-state index is 0.0368. The van der Waals surface area contributed by atoms with Crippen molar-refractivity contribution in [3.8, 4) is 0 Å². The molecule has 0 atom stereocenters. The zero-order valence-corrected chi connectivity index (χ0v) is 33.0. The maximum Gasteiger partial charge on any atom is 0.249 e. The lowest BCUT2D eigenvalue weighted by Gasteiger charge is -2.52. The smallest absolute Gasteiger partial charge is 0.249 e. The Morgan fingerprint density at radius 3 is 1.45 bits per heavy atom. The van der Waals surface area contributed by atoms with E-state index in [1.807, 2.05) is 23.5 Å². The molecule has 4 nitrogen and oxygen atoms in total. The normalized spacial score (nSPS) is 14.8. The maximum absolute atomic E-state index is 7.12. The molecule has 0 spiro atoms. The monoisotopic (exact) mass is 774 g/mol. The largest absolute Gasteiger partial charge is 0.454 e. The Labute approximate surface area is 342 Å².